The number of amides is 2. The van der Waals surface area contributed by atoms with Crippen LogP contribution in [0, 0.1) is 5.92 Å². The van der Waals surface area contributed by atoms with Crippen LogP contribution < -0.4 is 5.32 Å². The third kappa shape index (κ3) is 4.29. The number of pyridine rings is 1. The van der Waals surface area contributed by atoms with Gasteiger partial charge in [-0.05, 0) is 30.4 Å². The van der Waals surface area contributed by atoms with Gasteiger partial charge in [0.05, 0.1) is 11.9 Å². The molecule has 0 radical (unpaired) electrons. The lowest BCUT2D eigenvalue weighted by Gasteiger charge is -2.16. The molecule has 1 unspecified atom stereocenters. The number of hydrogen-bond donors (Lipinski definition) is 1. The monoisotopic (exact) mass is 391 g/mol. The van der Waals surface area contributed by atoms with E-state index in [0.717, 1.165) is 30.6 Å². The summed E-state index contributed by atoms with van der Waals surface area (Å²) in [7, 11) is 1.64. The molecule has 150 valence electrons. The Labute approximate surface area is 169 Å². The Hall–Kier alpha value is -3.22. The Morgan fingerprint density at radius 3 is 2.83 bits per heavy atom. The van der Waals surface area contributed by atoms with Crippen LogP contribution in [0.25, 0.3) is 11.2 Å². The van der Waals surface area contributed by atoms with Crippen molar-refractivity contribution in [1.29, 1.82) is 0 Å². The number of rotatable bonds is 6. The molecule has 7 heteroatoms. The average Bonchev–Trinajstić information content (AvgIpc) is 3.39. The lowest BCUT2D eigenvalue weighted by atomic mass is 10.0. The molecule has 29 heavy (non-hydrogen) atoms. The minimum absolute atomic E-state index is 0.0217. The first-order valence-corrected chi connectivity index (χ1v) is 9.98. The van der Waals surface area contributed by atoms with Crippen LogP contribution in [0.5, 0.6) is 0 Å². The summed E-state index contributed by atoms with van der Waals surface area (Å²) in [4.78, 5) is 35.2. The Kier molecular flexibility index (Phi) is 5.55. The summed E-state index contributed by atoms with van der Waals surface area (Å²) >= 11 is 0. The van der Waals surface area contributed by atoms with E-state index in [4.69, 9.17) is 0 Å². The summed E-state index contributed by atoms with van der Waals surface area (Å²) in [6.45, 7) is 2.06. The van der Waals surface area contributed by atoms with Gasteiger partial charge in [-0.15, -0.1) is 0 Å². The Balaban J connectivity index is 1.43. The molecule has 1 N–H and O–H groups in total. The van der Waals surface area contributed by atoms with Crippen LogP contribution in [0.4, 0.5) is 0 Å². The summed E-state index contributed by atoms with van der Waals surface area (Å²) in [6, 6.07) is 12.1. The highest BCUT2D eigenvalue weighted by Gasteiger charge is 2.28. The molecule has 1 fully saturated rings. The van der Waals surface area contributed by atoms with Crippen molar-refractivity contribution in [2.24, 2.45) is 5.92 Å². The summed E-state index contributed by atoms with van der Waals surface area (Å²) in [5.74, 6) is 0.193. The molecule has 4 rings (SSSR count). The van der Waals surface area contributed by atoms with Crippen LogP contribution >= 0.6 is 0 Å². The Morgan fingerprint density at radius 1 is 1.21 bits per heavy atom. The van der Waals surface area contributed by atoms with Crippen molar-refractivity contribution in [3.8, 4) is 0 Å². The largest absolute Gasteiger partial charge is 0.359 e. The lowest BCUT2D eigenvalue weighted by molar-refractivity contribution is -0.121. The van der Waals surface area contributed by atoms with Crippen molar-refractivity contribution < 1.29 is 9.59 Å². The van der Waals surface area contributed by atoms with Gasteiger partial charge in [-0.1, -0.05) is 30.3 Å². The van der Waals surface area contributed by atoms with Crippen LogP contribution in [0.2, 0.25) is 0 Å². The SMILES string of the molecule is CNC(=O)CC1CCN(C(=O)c2cnc3c(c2)ncn3CCc2ccccc2)C1. The van der Waals surface area contributed by atoms with Crippen LogP contribution in [0.15, 0.2) is 48.9 Å². The van der Waals surface area contributed by atoms with Gasteiger partial charge in [0.1, 0.15) is 5.52 Å². The number of nitrogens with one attached hydrogen (secondary N) is 1. The molecule has 1 aliphatic rings. The zero-order chi connectivity index (χ0) is 20.2. The molecule has 2 aromatic heterocycles. The highest BCUT2D eigenvalue weighted by atomic mass is 16.2. The van der Waals surface area contributed by atoms with Gasteiger partial charge in [0.2, 0.25) is 5.91 Å². The number of nitrogens with zero attached hydrogens (tertiary/aromatic N) is 4. The van der Waals surface area contributed by atoms with Gasteiger partial charge in [0, 0.05) is 39.3 Å². The third-order valence-corrected chi connectivity index (χ3v) is 5.51. The highest BCUT2D eigenvalue weighted by molar-refractivity contribution is 5.96. The van der Waals surface area contributed by atoms with Crippen molar-refractivity contribution in [1.82, 2.24) is 24.8 Å². The molecule has 1 atom stereocenters. The molecule has 3 aromatic rings. The number of benzene rings is 1. The first kappa shape index (κ1) is 19.1. The molecule has 1 aromatic carbocycles. The zero-order valence-corrected chi connectivity index (χ0v) is 16.5. The van der Waals surface area contributed by atoms with Gasteiger partial charge in [-0.2, -0.15) is 0 Å². The number of carbonyl (C=O) groups excluding carboxylic acids is 2. The number of aryl methyl sites for hydroxylation is 2. The van der Waals surface area contributed by atoms with Gasteiger partial charge in [-0.25, -0.2) is 9.97 Å². The molecule has 2 amide bonds. The topological polar surface area (TPSA) is 80.1 Å². The minimum atomic E-state index is -0.0438. The molecule has 0 spiro atoms. The average molecular weight is 391 g/mol. The summed E-state index contributed by atoms with van der Waals surface area (Å²) < 4.78 is 2.02. The predicted molar refractivity (Wildman–Crippen MR) is 110 cm³/mol. The van der Waals surface area contributed by atoms with E-state index >= 15 is 0 Å². The second-order valence-corrected chi connectivity index (χ2v) is 7.52. The maximum atomic E-state index is 12.9. The van der Waals surface area contributed by atoms with E-state index in [2.05, 4.69) is 27.4 Å². The molecule has 3 heterocycles. The van der Waals surface area contributed by atoms with Crippen LogP contribution in [-0.4, -0.2) is 51.4 Å². The number of aromatic nitrogens is 3. The Bertz CT molecular complexity index is 1010. The second-order valence-electron chi connectivity index (χ2n) is 7.52. The normalized spacial score (nSPS) is 16.3. The molecule has 1 aliphatic heterocycles. The van der Waals surface area contributed by atoms with Gasteiger partial charge in [0.15, 0.2) is 5.65 Å². The molecule has 0 aliphatic carbocycles. The van der Waals surface area contributed by atoms with Gasteiger partial charge in [0.25, 0.3) is 5.91 Å². The maximum absolute atomic E-state index is 12.9. The molecular weight excluding hydrogens is 366 g/mol. The minimum Gasteiger partial charge on any atom is -0.359 e. The molecule has 1 saturated heterocycles. The smallest absolute Gasteiger partial charge is 0.255 e. The van der Waals surface area contributed by atoms with Crippen LogP contribution in [0.3, 0.4) is 0 Å². The van der Waals surface area contributed by atoms with E-state index < -0.39 is 0 Å². The summed E-state index contributed by atoms with van der Waals surface area (Å²) in [6.07, 6.45) is 5.63. The number of likely N-dealkylation sites (tertiary alicyclic amines) is 1. The van der Waals surface area contributed by atoms with Crippen molar-refractivity contribution in [2.75, 3.05) is 20.1 Å². The lowest BCUT2D eigenvalue weighted by Crippen LogP contribution is -2.29. The van der Waals surface area contributed by atoms with E-state index in [1.54, 1.807) is 19.6 Å². The number of imidazole rings is 1. The third-order valence-electron chi connectivity index (χ3n) is 5.51. The van der Waals surface area contributed by atoms with Crippen molar-refractivity contribution in [3.05, 3.63) is 60.0 Å². The van der Waals surface area contributed by atoms with Crippen molar-refractivity contribution >= 4 is 23.0 Å². The Morgan fingerprint density at radius 2 is 2.03 bits per heavy atom. The maximum Gasteiger partial charge on any atom is 0.255 e. The fraction of sp³-hybridized carbons (Fsp3) is 0.364. The fourth-order valence-corrected chi connectivity index (χ4v) is 3.85. The standard InChI is InChI=1S/C22H25N5O2/c1-23-20(28)11-17-8-9-26(14-17)22(29)18-12-19-21(24-13-18)27(15-25-19)10-7-16-5-3-2-4-6-16/h2-6,12-13,15,17H,7-11,14H2,1H3,(H,23,28). The predicted octanol–water partition coefficient (Wildman–Crippen LogP) is 2.27. The number of fused-ring (bicyclic) bond motifs is 1. The molecule has 0 bridgehead atoms. The van der Waals surface area contributed by atoms with E-state index in [9.17, 15) is 9.59 Å². The number of hydrogen-bond acceptors (Lipinski definition) is 4. The second kappa shape index (κ2) is 8.43. The summed E-state index contributed by atoms with van der Waals surface area (Å²) in [5.41, 5.74) is 3.33. The first-order chi connectivity index (χ1) is 14.1. The quantitative estimate of drug-likeness (QED) is 0.699. The first-order valence-electron chi connectivity index (χ1n) is 9.98. The molecular formula is C22H25N5O2. The van der Waals surface area contributed by atoms with E-state index in [0.29, 0.717) is 25.1 Å². The molecule has 0 saturated carbocycles. The van der Waals surface area contributed by atoms with E-state index in [1.807, 2.05) is 33.7 Å². The molecule has 7 nitrogen and oxygen atoms in total. The number of carbonyl (C=O) groups is 2. The van der Waals surface area contributed by atoms with Crippen molar-refractivity contribution in [3.63, 3.8) is 0 Å². The summed E-state index contributed by atoms with van der Waals surface area (Å²) in [5, 5.41) is 2.65. The van der Waals surface area contributed by atoms with E-state index in [1.165, 1.54) is 5.56 Å². The van der Waals surface area contributed by atoms with Crippen LogP contribution in [0.1, 0.15) is 28.8 Å². The zero-order valence-electron chi connectivity index (χ0n) is 16.5. The van der Waals surface area contributed by atoms with Gasteiger partial charge < -0.3 is 14.8 Å². The van der Waals surface area contributed by atoms with Gasteiger partial charge >= 0.3 is 0 Å². The highest BCUT2D eigenvalue weighted by Crippen LogP contribution is 2.22. The van der Waals surface area contributed by atoms with E-state index in [-0.39, 0.29) is 17.7 Å². The van der Waals surface area contributed by atoms with Gasteiger partial charge in [-0.3, -0.25) is 9.59 Å². The fourth-order valence-electron chi connectivity index (χ4n) is 3.85. The van der Waals surface area contributed by atoms with Crippen LogP contribution in [-0.2, 0) is 17.8 Å². The van der Waals surface area contributed by atoms with Crippen molar-refractivity contribution in [2.45, 2.75) is 25.8 Å².